The molecule has 11 heteroatoms. The van der Waals surface area contributed by atoms with Crippen LogP contribution in [0.25, 0.3) is 0 Å². The van der Waals surface area contributed by atoms with Crippen LogP contribution in [-0.2, 0) is 13.7 Å². The van der Waals surface area contributed by atoms with Gasteiger partial charge in [0.05, 0.1) is 0 Å². The topological polar surface area (TPSA) is 148 Å². The van der Waals surface area contributed by atoms with Gasteiger partial charge in [-0.15, -0.1) is 0 Å². The smallest absolute Gasteiger partial charge is 0.303 e. The van der Waals surface area contributed by atoms with E-state index >= 15 is 0 Å². The summed E-state index contributed by atoms with van der Waals surface area (Å²) in [5.74, 6) is 0. The fraction of sp³-hybridized carbons (Fsp3) is 1.00. The fourth-order valence-electron chi connectivity index (χ4n) is 0.563. The normalized spacial score (nSPS) is 12.2. The van der Waals surface area contributed by atoms with Gasteiger partial charge in [-0.1, -0.05) is 13.8 Å². The van der Waals surface area contributed by atoms with Crippen molar-refractivity contribution in [3.63, 3.8) is 0 Å². The summed E-state index contributed by atoms with van der Waals surface area (Å²) in [6, 6.07) is 0. The van der Waals surface area contributed by atoms with Crippen molar-refractivity contribution >= 4 is 15.6 Å². The average Bonchev–Trinajstić information content (AvgIpc) is 2.01. The lowest BCUT2D eigenvalue weighted by molar-refractivity contribution is 0.0991. The Bertz CT molecular complexity index is 247. The van der Waals surface area contributed by atoms with E-state index < -0.39 is 15.6 Å². The van der Waals surface area contributed by atoms with E-state index in [-0.39, 0.29) is 6.73 Å². The molecule has 0 bridgehead atoms. The van der Waals surface area contributed by atoms with E-state index in [1.807, 2.05) is 13.8 Å². The molecule has 0 aliphatic heterocycles. The molecule has 0 aliphatic carbocycles. The molecule has 0 saturated carbocycles. The second-order valence-electron chi connectivity index (χ2n) is 2.57. The molecule has 100 valence electrons. The Balaban J connectivity index is 0. The van der Waals surface area contributed by atoms with Crippen LogP contribution in [-0.4, -0.2) is 49.2 Å². The molecule has 0 aromatic carbocycles. The molecule has 0 unspecified atom stereocenters. The van der Waals surface area contributed by atoms with Crippen molar-refractivity contribution in [2.45, 2.75) is 13.8 Å². The lowest BCUT2D eigenvalue weighted by Gasteiger charge is -2.17. The van der Waals surface area contributed by atoms with Gasteiger partial charge in [0.15, 0.2) is 0 Å². The Kier molecular flexibility index (Phi) is 9.62. The van der Waals surface area contributed by atoms with Gasteiger partial charge in [-0.25, -0.2) is 9.13 Å². The molecule has 5 N–H and O–H groups in total. The SMILES string of the molecule is CCN(CC)COP(=O)(O)O.O=P(O)(O)O. The highest BCUT2D eigenvalue weighted by atomic mass is 31.2. The Hall–Kier alpha value is 0.180. The van der Waals surface area contributed by atoms with Crippen LogP contribution in [0.15, 0.2) is 0 Å². The predicted molar refractivity (Wildman–Crippen MR) is 55.2 cm³/mol. The van der Waals surface area contributed by atoms with Crippen LogP contribution in [0.4, 0.5) is 0 Å². The minimum Gasteiger partial charge on any atom is -0.303 e. The summed E-state index contributed by atoms with van der Waals surface area (Å²) in [5.41, 5.74) is 0. The lowest BCUT2D eigenvalue weighted by atomic mass is 10.6. The zero-order chi connectivity index (χ0) is 13.4. The maximum Gasteiger partial charge on any atom is 0.470 e. The van der Waals surface area contributed by atoms with Gasteiger partial charge < -0.3 is 24.5 Å². The number of hydrogen-bond donors (Lipinski definition) is 5. The van der Waals surface area contributed by atoms with E-state index in [2.05, 4.69) is 4.52 Å². The second-order valence-corrected chi connectivity index (χ2v) is 4.83. The van der Waals surface area contributed by atoms with Crippen molar-refractivity contribution in [3.05, 3.63) is 0 Å². The zero-order valence-electron chi connectivity index (χ0n) is 8.92. The molecule has 0 heterocycles. The zero-order valence-corrected chi connectivity index (χ0v) is 10.7. The Morgan fingerprint density at radius 3 is 1.50 bits per heavy atom. The van der Waals surface area contributed by atoms with Gasteiger partial charge in [-0.05, 0) is 13.1 Å². The largest absolute Gasteiger partial charge is 0.470 e. The lowest BCUT2D eigenvalue weighted by Crippen LogP contribution is -2.25. The Labute approximate surface area is 93.1 Å². The van der Waals surface area contributed by atoms with E-state index in [1.54, 1.807) is 4.90 Å². The maximum atomic E-state index is 10.2. The summed E-state index contributed by atoms with van der Waals surface area (Å²) in [6.45, 7) is 5.21. The number of phosphoric ester groups is 1. The van der Waals surface area contributed by atoms with Crippen molar-refractivity contribution in [2.24, 2.45) is 0 Å². The van der Waals surface area contributed by atoms with Gasteiger partial charge in [0.2, 0.25) is 0 Å². The van der Waals surface area contributed by atoms with Gasteiger partial charge >= 0.3 is 15.6 Å². The first kappa shape index (κ1) is 18.5. The van der Waals surface area contributed by atoms with Crippen molar-refractivity contribution in [1.29, 1.82) is 0 Å². The second kappa shape index (κ2) is 8.30. The molecule has 0 aromatic rings. The van der Waals surface area contributed by atoms with Crippen molar-refractivity contribution in [1.82, 2.24) is 4.90 Å². The van der Waals surface area contributed by atoms with Crippen LogP contribution >= 0.6 is 15.6 Å². The molecule has 0 spiro atoms. The monoisotopic (exact) mass is 281 g/mol. The van der Waals surface area contributed by atoms with Crippen LogP contribution in [0.5, 0.6) is 0 Å². The van der Waals surface area contributed by atoms with Crippen LogP contribution in [0, 0.1) is 0 Å². The Morgan fingerprint density at radius 2 is 1.31 bits per heavy atom. The quantitative estimate of drug-likeness (QED) is 0.331. The number of nitrogens with zero attached hydrogens (tertiary/aromatic N) is 1. The van der Waals surface area contributed by atoms with Gasteiger partial charge in [-0.3, -0.25) is 9.42 Å². The van der Waals surface area contributed by atoms with Crippen molar-refractivity contribution in [3.8, 4) is 0 Å². The third kappa shape index (κ3) is 23.8. The van der Waals surface area contributed by atoms with E-state index in [1.165, 1.54) is 0 Å². The van der Waals surface area contributed by atoms with E-state index in [0.717, 1.165) is 13.1 Å². The predicted octanol–water partition coefficient (Wildman–Crippen LogP) is -0.534. The van der Waals surface area contributed by atoms with Gasteiger partial charge in [0, 0.05) is 0 Å². The van der Waals surface area contributed by atoms with Gasteiger partial charge in [-0.2, -0.15) is 0 Å². The van der Waals surface area contributed by atoms with Crippen LogP contribution < -0.4 is 0 Å². The highest BCUT2D eigenvalue weighted by Crippen LogP contribution is 2.35. The molecular weight excluding hydrogens is 264 g/mol. The summed E-state index contributed by atoms with van der Waals surface area (Å²) in [5, 5.41) is 0. The standard InChI is InChI=1S/C5H14NO4P.H3O4P/c1-3-6(4-2)5-10-11(7,8)9;1-5(2,3)4/h3-5H2,1-2H3,(H2,7,8,9);(H3,1,2,3,4). The summed E-state index contributed by atoms with van der Waals surface area (Å²) in [6.07, 6.45) is 0. The first-order valence-electron chi connectivity index (χ1n) is 4.20. The molecule has 0 saturated heterocycles. The summed E-state index contributed by atoms with van der Waals surface area (Å²) in [7, 11) is -8.93. The maximum absolute atomic E-state index is 10.2. The molecule has 0 aliphatic rings. The highest BCUT2D eigenvalue weighted by molar-refractivity contribution is 7.46. The summed E-state index contributed by atoms with van der Waals surface area (Å²) >= 11 is 0. The fourth-order valence-corrected chi connectivity index (χ4v) is 0.877. The van der Waals surface area contributed by atoms with Crippen LogP contribution in [0.1, 0.15) is 13.8 Å². The molecule has 0 rings (SSSR count). The third-order valence-corrected chi connectivity index (χ3v) is 1.75. The highest BCUT2D eigenvalue weighted by Gasteiger charge is 2.14. The molecule has 9 nitrogen and oxygen atoms in total. The number of rotatable bonds is 5. The van der Waals surface area contributed by atoms with Crippen LogP contribution in [0.3, 0.4) is 0 Å². The molecule has 0 amide bonds. The minimum absolute atomic E-state index is 0.0166. The first-order valence-corrected chi connectivity index (χ1v) is 7.29. The molecule has 0 radical (unpaired) electrons. The summed E-state index contributed by atoms with van der Waals surface area (Å²) in [4.78, 5) is 40.0. The number of phosphoric acid groups is 2. The third-order valence-electron chi connectivity index (χ3n) is 1.30. The molecule has 0 aromatic heterocycles. The van der Waals surface area contributed by atoms with Gasteiger partial charge in [0.1, 0.15) is 6.73 Å². The first-order chi connectivity index (χ1) is 6.99. The molecular formula is C5H17NO8P2. The molecule has 0 fully saturated rings. The molecule has 0 atom stereocenters. The van der Waals surface area contributed by atoms with E-state index in [0.29, 0.717) is 0 Å². The average molecular weight is 281 g/mol. The van der Waals surface area contributed by atoms with Crippen molar-refractivity contribution in [2.75, 3.05) is 19.8 Å². The summed E-state index contributed by atoms with van der Waals surface area (Å²) < 4.78 is 23.4. The molecule has 16 heavy (non-hydrogen) atoms. The Morgan fingerprint density at radius 1 is 1.00 bits per heavy atom. The minimum atomic E-state index is -4.64. The van der Waals surface area contributed by atoms with Crippen LogP contribution in [0.2, 0.25) is 0 Å². The van der Waals surface area contributed by atoms with Gasteiger partial charge in [0.25, 0.3) is 0 Å². The van der Waals surface area contributed by atoms with Crippen molar-refractivity contribution < 1.29 is 38.1 Å². The van der Waals surface area contributed by atoms with E-state index in [9.17, 15) is 4.57 Å². The number of hydrogen-bond acceptors (Lipinski definition) is 4. The van der Waals surface area contributed by atoms with E-state index in [4.69, 9.17) is 29.0 Å².